The van der Waals surface area contributed by atoms with Crippen molar-refractivity contribution in [2.75, 3.05) is 12.3 Å². The molecule has 0 saturated carbocycles. The molecule has 3 heterocycles. The zero-order chi connectivity index (χ0) is 17.6. The minimum Gasteiger partial charge on any atom is -0.387 e. The Hall–Kier alpha value is -1.54. The number of fused-ring (bicyclic) bond motifs is 1. The highest BCUT2D eigenvalue weighted by Crippen LogP contribution is 2.33. The first-order chi connectivity index (χ1) is 11.2. The molecule has 2 aromatic heterocycles. The molecule has 0 amide bonds. The Kier molecular flexibility index (Phi) is 4.37. The topological polar surface area (TPSA) is 176 Å². The van der Waals surface area contributed by atoms with Crippen LogP contribution in [0.1, 0.15) is 6.23 Å². The minimum absolute atomic E-state index is 0.0953. The zero-order valence-corrected chi connectivity index (χ0v) is 13.6. The molecule has 132 valence electrons. The molecule has 2 aromatic rings. The summed E-state index contributed by atoms with van der Waals surface area (Å²) in [6.45, 7) is -0.551. The highest BCUT2D eigenvalue weighted by Gasteiger charge is 2.44. The number of aliphatic hydroxyl groups is 2. The van der Waals surface area contributed by atoms with Crippen molar-refractivity contribution in [1.82, 2.24) is 14.5 Å². The van der Waals surface area contributed by atoms with Crippen LogP contribution in [-0.2, 0) is 19.2 Å². The second kappa shape index (κ2) is 6.07. The van der Waals surface area contributed by atoms with E-state index in [-0.39, 0.29) is 16.7 Å². The lowest BCUT2D eigenvalue weighted by Crippen LogP contribution is -2.35. The second-order valence-corrected chi connectivity index (χ2v) is 6.72. The summed E-state index contributed by atoms with van der Waals surface area (Å²) in [7, 11) is -4.20. The standard InChI is InChI=1S/C11H14ClN5O6S/c12-11-15-8(13)4-1-2-17(9(4)16-11)10-7(19)6(18)5(23-10)3-22-24(14,20)21/h1-2,5-7,10,18-19H,3H2,(H2,13,15,16)(H2,14,20,21)/t5-,6-,7-,10-/m1/s1. The van der Waals surface area contributed by atoms with E-state index in [1.54, 1.807) is 6.07 Å². The predicted molar refractivity (Wildman–Crippen MR) is 81.9 cm³/mol. The van der Waals surface area contributed by atoms with Crippen LogP contribution in [0.5, 0.6) is 0 Å². The van der Waals surface area contributed by atoms with Gasteiger partial charge in [-0.25, -0.2) is 10.1 Å². The summed E-state index contributed by atoms with van der Waals surface area (Å²) >= 11 is 5.78. The van der Waals surface area contributed by atoms with Crippen molar-refractivity contribution in [3.05, 3.63) is 17.5 Å². The van der Waals surface area contributed by atoms with Gasteiger partial charge in [0, 0.05) is 6.20 Å². The lowest BCUT2D eigenvalue weighted by molar-refractivity contribution is -0.0464. The number of nitrogens with two attached hydrogens (primary N) is 2. The Bertz CT molecular complexity index is 873. The Morgan fingerprint density at radius 3 is 2.75 bits per heavy atom. The molecular formula is C11H14ClN5O6S. The molecule has 0 spiro atoms. The molecule has 13 heteroatoms. The van der Waals surface area contributed by atoms with E-state index in [0.29, 0.717) is 5.39 Å². The minimum atomic E-state index is -4.20. The molecule has 0 radical (unpaired) electrons. The van der Waals surface area contributed by atoms with Crippen molar-refractivity contribution in [2.24, 2.45) is 5.14 Å². The van der Waals surface area contributed by atoms with Crippen LogP contribution in [0.25, 0.3) is 11.0 Å². The number of rotatable bonds is 4. The van der Waals surface area contributed by atoms with Crippen LogP contribution >= 0.6 is 11.6 Å². The Balaban J connectivity index is 1.90. The third-order valence-corrected chi connectivity index (χ3v) is 4.22. The lowest BCUT2D eigenvalue weighted by atomic mass is 10.1. The number of nitrogens with zero attached hydrogens (tertiary/aromatic N) is 3. The van der Waals surface area contributed by atoms with Gasteiger partial charge in [0.25, 0.3) is 0 Å². The molecule has 6 N–H and O–H groups in total. The third kappa shape index (κ3) is 3.17. The first-order valence-corrected chi connectivity index (χ1v) is 8.50. The highest BCUT2D eigenvalue weighted by atomic mass is 35.5. The summed E-state index contributed by atoms with van der Waals surface area (Å²) in [6.07, 6.45) is -3.42. The summed E-state index contributed by atoms with van der Waals surface area (Å²) in [5, 5.41) is 25.3. The molecule has 3 rings (SSSR count). The molecule has 1 fully saturated rings. The molecule has 0 bridgehead atoms. The van der Waals surface area contributed by atoms with Crippen LogP contribution in [-0.4, -0.2) is 58.1 Å². The molecule has 1 saturated heterocycles. The van der Waals surface area contributed by atoms with E-state index in [0.717, 1.165) is 0 Å². The fourth-order valence-electron chi connectivity index (χ4n) is 2.49. The van der Waals surface area contributed by atoms with Crippen LogP contribution in [0.15, 0.2) is 12.3 Å². The van der Waals surface area contributed by atoms with Gasteiger partial charge in [0.2, 0.25) is 5.28 Å². The van der Waals surface area contributed by atoms with Crippen molar-refractivity contribution < 1.29 is 27.6 Å². The van der Waals surface area contributed by atoms with Gasteiger partial charge in [-0.1, -0.05) is 0 Å². The first-order valence-electron chi connectivity index (χ1n) is 6.65. The predicted octanol–water partition coefficient (Wildman–Crippen LogP) is -1.49. The molecule has 1 aliphatic heterocycles. The van der Waals surface area contributed by atoms with Gasteiger partial charge < -0.3 is 25.3 Å². The van der Waals surface area contributed by atoms with Gasteiger partial charge in [-0.15, -0.1) is 0 Å². The largest absolute Gasteiger partial charge is 0.387 e. The Labute approximate surface area is 141 Å². The van der Waals surface area contributed by atoms with Crippen LogP contribution in [0, 0.1) is 0 Å². The van der Waals surface area contributed by atoms with Crippen molar-refractivity contribution in [3.8, 4) is 0 Å². The summed E-state index contributed by atoms with van der Waals surface area (Å²) in [4.78, 5) is 7.84. The maximum absolute atomic E-state index is 10.8. The quantitative estimate of drug-likeness (QED) is 0.460. The Morgan fingerprint density at radius 2 is 2.08 bits per heavy atom. The van der Waals surface area contributed by atoms with Gasteiger partial charge in [-0.05, 0) is 17.7 Å². The zero-order valence-electron chi connectivity index (χ0n) is 12.0. The van der Waals surface area contributed by atoms with E-state index < -0.39 is 41.5 Å². The number of aromatic nitrogens is 3. The molecular weight excluding hydrogens is 366 g/mol. The number of nitrogen functional groups attached to an aromatic ring is 1. The maximum atomic E-state index is 10.8. The third-order valence-electron chi connectivity index (χ3n) is 3.58. The average Bonchev–Trinajstić information content (AvgIpc) is 3.00. The van der Waals surface area contributed by atoms with Crippen LogP contribution < -0.4 is 10.9 Å². The molecule has 0 aliphatic carbocycles. The van der Waals surface area contributed by atoms with Crippen molar-refractivity contribution in [3.63, 3.8) is 0 Å². The Morgan fingerprint density at radius 1 is 1.38 bits per heavy atom. The lowest BCUT2D eigenvalue weighted by Gasteiger charge is -2.17. The average molecular weight is 380 g/mol. The summed E-state index contributed by atoms with van der Waals surface area (Å²) in [5.41, 5.74) is 6.04. The molecule has 24 heavy (non-hydrogen) atoms. The number of ether oxygens (including phenoxy) is 1. The van der Waals surface area contributed by atoms with Gasteiger partial charge in [-0.2, -0.15) is 13.4 Å². The van der Waals surface area contributed by atoms with Crippen LogP contribution in [0.3, 0.4) is 0 Å². The number of halogens is 1. The molecule has 4 atom stereocenters. The van der Waals surface area contributed by atoms with Crippen LogP contribution in [0.2, 0.25) is 5.28 Å². The molecule has 11 nitrogen and oxygen atoms in total. The monoisotopic (exact) mass is 379 g/mol. The maximum Gasteiger partial charge on any atom is 0.333 e. The smallest absolute Gasteiger partial charge is 0.333 e. The normalized spacial score (nSPS) is 27.8. The number of anilines is 1. The van der Waals surface area contributed by atoms with E-state index in [2.05, 4.69) is 14.2 Å². The summed E-state index contributed by atoms with van der Waals surface area (Å²) in [5.74, 6) is 0.144. The summed E-state index contributed by atoms with van der Waals surface area (Å²) < 4.78 is 33.0. The molecule has 0 unspecified atom stereocenters. The van der Waals surface area contributed by atoms with Gasteiger partial charge >= 0.3 is 10.3 Å². The van der Waals surface area contributed by atoms with E-state index in [1.165, 1.54) is 10.8 Å². The number of aliphatic hydroxyl groups excluding tert-OH is 2. The summed E-state index contributed by atoms with van der Waals surface area (Å²) in [6, 6.07) is 1.59. The molecule has 0 aromatic carbocycles. The SMILES string of the molecule is Nc1nc(Cl)nc2c1ccn2[C@@H]1O[C@H](COS(N)(=O)=O)[C@@H](O)[C@H]1O. The van der Waals surface area contributed by atoms with Gasteiger partial charge in [0.1, 0.15) is 29.8 Å². The van der Waals surface area contributed by atoms with Gasteiger partial charge in [-0.3, -0.25) is 4.18 Å². The van der Waals surface area contributed by atoms with Gasteiger partial charge in [0.05, 0.1) is 12.0 Å². The fourth-order valence-corrected chi connectivity index (χ4v) is 2.99. The van der Waals surface area contributed by atoms with Crippen molar-refractivity contribution in [1.29, 1.82) is 0 Å². The van der Waals surface area contributed by atoms with Crippen LogP contribution in [0.4, 0.5) is 5.82 Å². The van der Waals surface area contributed by atoms with E-state index in [4.69, 9.17) is 27.2 Å². The van der Waals surface area contributed by atoms with E-state index in [9.17, 15) is 18.6 Å². The number of hydrogen-bond acceptors (Lipinski definition) is 9. The fraction of sp³-hybridized carbons (Fsp3) is 0.455. The first kappa shape index (κ1) is 17.3. The number of hydrogen-bond donors (Lipinski definition) is 4. The second-order valence-electron chi connectivity index (χ2n) is 5.16. The van der Waals surface area contributed by atoms with Crippen molar-refractivity contribution in [2.45, 2.75) is 24.5 Å². The van der Waals surface area contributed by atoms with Crippen molar-refractivity contribution >= 4 is 38.8 Å². The van der Waals surface area contributed by atoms with E-state index >= 15 is 0 Å². The molecule has 1 aliphatic rings. The highest BCUT2D eigenvalue weighted by molar-refractivity contribution is 7.84. The van der Waals surface area contributed by atoms with E-state index in [1.807, 2.05) is 0 Å². The van der Waals surface area contributed by atoms with Gasteiger partial charge in [0.15, 0.2) is 6.23 Å².